The van der Waals surface area contributed by atoms with Gasteiger partial charge in [-0.3, -0.25) is 9.59 Å². The summed E-state index contributed by atoms with van der Waals surface area (Å²) in [6.07, 6.45) is 0.558. The van der Waals surface area contributed by atoms with E-state index in [9.17, 15) is 9.59 Å². The lowest BCUT2D eigenvalue weighted by atomic mass is 9.75. The van der Waals surface area contributed by atoms with Crippen LogP contribution in [0.15, 0.2) is 53.7 Å². The number of Topliss-reactive ketones (excluding diaryl/α,β-unsaturated/α-hetero) is 1. The number of carbonyl (C=O) groups is 2. The van der Waals surface area contributed by atoms with Crippen molar-refractivity contribution in [3.8, 4) is 11.5 Å². The van der Waals surface area contributed by atoms with E-state index in [-0.39, 0.29) is 11.7 Å². The molecule has 7 heteroatoms. The number of hydrogen-bond acceptors (Lipinski definition) is 7. The number of nitrogens with one attached hydrogen (secondary N) is 2. The zero-order valence-corrected chi connectivity index (χ0v) is 19.4. The van der Waals surface area contributed by atoms with Gasteiger partial charge in [0.1, 0.15) is 5.92 Å². The summed E-state index contributed by atoms with van der Waals surface area (Å²) in [5.74, 6) is -0.467. The van der Waals surface area contributed by atoms with E-state index < -0.39 is 17.9 Å². The Bertz CT molecular complexity index is 1090. The number of methoxy groups -OCH3 is 1. The summed E-state index contributed by atoms with van der Waals surface area (Å²) >= 11 is 0. The van der Waals surface area contributed by atoms with Crippen LogP contribution in [-0.4, -0.2) is 32.1 Å². The van der Waals surface area contributed by atoms with E-state index in [1.54, 1.807) is 0 Å². The molecule has 0 saturated heterocycles. The third-order valence-electron chi connectivity index (χ3n) is 6.13. The highest BCUT2D eigenvalue weighted by atomic mass is 16.5. The number of fused-ring (bicyclic) bond motifs is 1. The Morgan fingerprint density at radius 3 is 2.42 bits per heavy atom. The van der Waals surface area contributed by atoms with Gasteiger partial charge in [-0.25, -0.2) is 0 Å². The molecule has 1 heterocycles. The Hall–Kier alpha value is -3.48. The minimum absolute atomic E-state index is 0.179. The predicted octanol–water partition coefficient (Wildman–Crippen LogP) is 4.71. The summed E-state index contributed by atoms with van der Waals surface area (Å²) in [5.41, 5.74) is 3.98. The zero-order valence-electron chi connectivity index (χ0n) is 19.4. The molecule has 4 rings (SSSR count). The van der Waals surface area contributed by atoms with Crippen LogP contribution in [-0.2, 0) is 14.3 Å². The molecule has 2 aliphatic rings. The molecule has 7 nitrogen and oxygen atoms in total. The van der Waals surface area contributed by atoms with Gasteiger partial charge < -0.3 is 24.8 Å². The third kappa shape index (κ3) is 4.27. The van der Waals surface area contributed by atoms with Crippen molar-refractivity contribution in [2.45, 2.75) is 33.2 Å². The SMILES string of the molecule is CCOc1ccc([C@@H]2Nc3ccccc3NC3=C2C(=O)[C@H](C(=O)OC)[C@H](C)C3)cc1OCC. The van der Waals surface area contributed by atoms with Gasteiger partial charge in [0, 0.05) is 11.3 Å². The molecule has 0 saturated carbocycles. The second-order valence-electron chi connectivity index (χ2n) is 8.26. The first-order chi connectivity index (χ1) is 16.0. The molecule has 2 N–H and O–H groups in total. The minimum Gasteiger partial charge on any atom is -0.490 e. The van der Waals surface area contributed by atoms with E-state index in [0.717, 1.165) is 22.6 Å². The predicted molar refractivity (Wildman–Crippen MR) is 127 cm³/mol. The Morgan fingerprint density at radius 1 is 1.03 bits per heavy atom. The zero-order chi connectivity index (χ0) is 23.5. The second-order valence-corrected chi connectivity index (χ2v) is 8.26. The number of hydrogen-bond donors (Lipinski definition) is 2. The molecule has 1 aliphatic heterocycles. The van der Waals surface area contributed by atoms with Crippen LogP contribution < -0.4 is 20.1 Å². The van der Waals surface area contributed by atoms with Gasteiger partial charge in [-0.1, -0.05) is 25.1 Å². The summed E-state index contributed by atoms with van der Waals surface area (Å²) in [6, 6.07) is 13.1. The molecular formula is C26H30N2O5. The number of para-hydroxylation sites is 2. The maximum absolute atomic E-state index is 13.7. The van der Waals surface area contributed by atoms with Crippen molar-refractivity contribution in [2.24, 2.45) is 11.8 Å². The molecule has 3 atom stereocenters. The lowest BCUT2D eigenvalue weighted by molar-refractivity contribution is -0.151. The molecule has 0 unspecified atom stereocenters. The molecule has 2 aromatic rings. The van der Waals surface area contributed by atoms with Gasteiger partial charge in [0.05, 0.1) is 37.7 Å². The summed E-state index contributed by atoms with van der Waals surface area (Å²) in [5, 5.41) is 6.99. The fraction of sp³-hybridized carbons (Fsp3) is 0.385. The number of carbonyl (C=O) groups excluding carboxylic acids is 2. The highest BCUT2D eigenvalue weighted by molar-refractivity contribution is 6.11. The van der Waals surface area contributed by atoms with Crippen LogP contribution in [0, 0.1) is 11.8 Å². The fourth-order valence-electron chi connectivity index (χ4n) is 4.63. The largest absolute Gasteiger partial charge is 0.490 e. The number of rotatable bonds is 6. The van der Waals surface area contributed by atoms with Crippen LogP contribution in [0.3, 0.4) is 0 Å². The first-order valence-electron chi connectivity index (χ1n) is 11.4. The Morgan fingerprint density at radius 2 is 1.73 bits per heavy atom. The van der Waals surface area contributed by atoms with E-state index in [1.807, 2.05) is 63.2 Å². The summed E-state index contributed by atoms with van der Waals surface area (Å²) in [7, 11) is 1.32. The summed E-state index contributed by atoms with van der Waals surface area (Å²) in [6.45, 7) is 6.76. The molecule has 0 aromatic heterocycles. The monoisotopic (exact) mass is 450 g/mol. The van der Waals surface area contributed by atoms with Gasteiger partial charge in [0.2, 0.25) is 0 Å². The minimum atomic E-state index is -0.838. The lowest BCUT2D eigenvalue weighted by Crippen LogP contribution is -2.39. The normalized spacial score (nSPS) is 21.7. The van der Waals surface area contributed by atoms with Gasteiger partial charge in [-0.15, -0.1) is 0 Å². The topological polar surface area (TPSA) is 85.9 Å². The van der Waals surface area contributed by atoms with Crippen LogP contribution in [0.25, 0.3) is 0 Å². The van der Waals surface area contributed by atoms with Crippen molar-refractivity contribution in [1.82, 2.24) is 0 Å². The quantitative estimate of drug-likeness (QED) is 0.487. The molecule has 1 aliphatic carbocycles. The number of ether oxygens (including phenoxy) is 3. The number of allylic oxidation sites excluding steroid dienone is 1. The molecule has 0 radical (unpaired) electrons. The highest BCUT2D eigenvalue weighted by Crippen LogP contribution is 2.45. The smallest absolute Gasteiger partial charge is 0.316 e. The van der Waals surface area contributed by atoms with Gasteiger partial charge in [-0.05, 0) is 56.0 Å². The van der Waals surface area contributed by atoms with Crippen LogP contribution in [0.5, 0.6) is 11.5 Å². The highest BCUT2D eigenvalue weighted by Gasteiger charge is 2.44. The van der Waals surface area contributed by atoms with Gasteiger partial charge in [0.15, 0.2) is 17.3 Å². The van der Waals surface area contributed by atoms with Gasteiger partial charge in [-0.2, -0.15) is 0 Å². The average Bonchev–Trinajstić information content (AvgIpc) is 2.97. The van der Waals surface area contributed by atoms with E-state index in [0.29, 0.717) is 36.7 Å². The van der Waals surface area contributed by atoms with E-state index >= 15 is 0 Å². The van der Waals surface area contributed by atoms with Crippen molar-refractivity contribution < 1.29 is 23.8 Å². The summed E-state index contributed by atoms with van der Waals surface area (Å²) in [4.78, 5) is 26.3. The molecule has 33 heavy (non-hydrogen) atoms. The molecular weight excluding hydrogens is 420 g/mol. The molecule has 0 fully saturated rings. The molecule has 0 bridgehead atoms. The summed E-state index contributed by atoms with van der Waals surface area (Å²) < 4.78 is 16.5. The van der Waals surface area contributed by atoms with Crippen molar-refractivity contribution in [3.05, 3.63) is 59.3 Å². The lowest BCUT2D eigenvalue weighted by Gasteiger charge is -2.32. The van der Waals surface area contributed by atoms with Crippen LogP contribution in [0.2, 0.25) is 0 Å². The van der Waals surface area contributed by atoms with Gasteiger partial charge in [0.25, 0.3) is 0 Å². The van der Waals surface area contributed by atoms with Crippen LogP contribution >= 0.6 is 0 Å². The fourth-order valence-corrected chi connectivity index (χ4v) is 4.63. The standard InChI is InChI=1S/C26H30N2O5/c1-5-32-20-12-11-16(14-21(20)33-6-2)24-23-19(27-17-9-7-8-10-18(17)28-24)13-15(3)22(25(23)29)26(30)31-4/h7-12,14-15,22,24,27-28H,5-6,13H2,1-4H3/t15-,22-,24+/m1/s1. The Kier molecular flexibility index (Phi) is 6.58. The maximum atomic E-state index is 13.7. The number of esters is 1. The Labute approximate surface area is 194 Å². The van der Waals surface area contributed by atoms with Crippen LogP contribution in [0.4, 0.5) is 11.4 Å². The third-order valence-corrected chi connectivity index (χ3v) is 6.13. The van der Waals surface area contributed by atoms with Crippen molar-refractivity contribution in [2.75, 3.05) is 31.0 Å². The number of anilines is 2. The molecule has 0 amide bonds. The van der Waals surface area contributed by atoms with Crippen LogP contribution in [0.1, 0.15) is 38.8 Å². The van der Waals surface area contributed by atoms with Crippen molar-refractivity contribution in [1.29, 1.82) is 0 Å². The average molecular weight is 451 g/mol. The van der Waals surface area contributed by atoms with Crippen molar-refractivity contribution in [3.63, 3.8) is 0 Å². The first-order valence-corrected chi connectivity index (χ1v) is 11.4. The van der Waals surface area contributed by atoms with E-state index in [2.05, 4.69) is 10.6 Å². The van der Waals surface area contributed by atoms with Gasteiger partial charge >= 0.3 is 5.97 Å². The first kappa shape index (κ1) is 22.7. The Balaban J connectivity index is 1.86. The molecule has 2 aromatic carbocycles. The molecule has 0 spiro atoms. The number of ketones is 1. The van der Waals surface area contributed by atoms with Crippen molar-refractivity contribution >= 4 is 23.1 Å². The number of benzene rings is 2. The maximum Gasteiger partial charge on any atom is 0.316 e. The second kappa shape index (κ2) is 9.57. The van der Waals surface area contributed by atoms with E-state index in [4.69, 9.17) is 14.2 Å². The van der Waals surface area contributed by atoms with E-state index in [1.165, 1.54) is 7.11 Å². The molecule has 174 valence electrons.